The number of aromatic nitrogens is 1. The number of nitrogens with one attached hydrogen (secondary N) is 1. The molecule has 0 saturated carbocycles. The summed E-state index contributed by atoms with van der Waals surface area (Å²) in [5.41, 5.74) is 3.82. The molecule has 31 heavy (non-hydrogen) atoms. The van der Waals surface area contributed by atoms with Crippen LogP contribution in [0.25, 0.3) is 11.1 Å². The van der Waals surface area contributed by atoms with Crippen LogP contribution in [-0.2, 0) is 19.9 Å². The van der Waals surface area contributed by atoms with Crippen molar-refractivity contribution in [2.45, 2.75) is 5.54 Å². The molecule has 1 N–H and O–H groups in total. The number of halogens is 2. The average Bonchev–Trinajstić information content (AvgIpc) is 3.24. The van der Waals surface area contributed by atoms with Gasteiger partial charge in [-0.2, -0.15) is 9.87 Å². The fourth-order valence-corrected chi connectivity index (χ4v) is 3.43. The molecular weight excluding hydrogens is 408 g/mol. The SMILES string of the molecule is COc1ccc(C2(c3cccc(-c4ccc(F)nc4)c3)COC(NOC=O)=N2)cc1F. The van der Waals surface area contributed by atoms with Crippen molar-refractivity contribution in [1.82, 2.24) is 10.5 Å². The molecule has 1 unspecified atom stereocenters. The Balaban J connectivity index is 1.83. The number of ether oxygens (including phenoxy) is 2. The van der Waals surface area contributed by atoms with Crippen molar-refractivity contribution in [2.24, 2.45) is 4.99 Å². The molecule has 4 rings (SSSR count). The van der Waals surface area contributed by atoms with Gasteiger partial charge in [0.2, 0.25) is 5.95 Å². The van der Waals surface area contributed by atoms with Crippen molar-refractivity contribution < 1.29 is 27.9 Å². The zero-order valence-electron chi connectivity index (χ0n) is 16.3. The van der Waals surface area contributed by atoms with Crippen molar-refractivity contribution in [1.29, 1.82) is 0 Å². The van der Waals surface area contributed by atoms with Crippen molar-refractivity contribution in [2.75, 3.05) is 13.7 Å². The molecule has 1 aromatic heterocycles. The molecule has 0 aliphatic carbocycles. The molecule has 3 aromatic rings. The van der Waals surface area contributed by atoms with E-state index in [9.17, 15) is 13.6 Å². The van der Waals surface area contributed by atoms with Crippen LogP contribution in [0, 0.1) is 11.8 Å². The Morgan fingerprint density at radius 3 is 2.65 bits per heavy atom. The second-order valence-corrected chi connectivity index (χ2v) is 6.68. The zero-order chi connectivity index (χ0) is 21.8. The molecule has 1 atom stereocenters. The lowest BCUT2D eigenvalue weighted by molar-refractivity contribution is -0.132. The van der Waals surface area contributed by atoms with Crippen molar-refractivity contribution in [3.8, 4) is 16.9 Å². The summed E-state index contributed by atoms with van der Waals surface area (Å²) in [5.74, 6) is -1.04. The lowest BCUT2D eigenvalue weighted by atomic mass is 9.83. The number of carbonyl (C=O) groups excluding carboxylic acids is 1. The van der Waals surface area contributed by atoms with Crippen molar-refractivity contribution >= 4 is 12.5 Å². The summed E-state index contributed by atoms with van der Waals surface area (Å²) >= 11 is 0. The quantitative estimate of drug-likeness (QED) is 0.371. The minimum absolute atomic E-state index is 0.0223. The van der Waals surface area contributed by atoms with E-state index >= 15 is 0 Å². The van der Waals surface area contributed by atoms with Crippen LogP contribution in [0.1, 0.15) is 11.1 Å². The molecule has 0 fully saturated rings. The molecule has 1 aliphatic rings. The number of methoxy groups -OCH3 is 1. The Hall–Kier alpha value is -4.01. The first-order valence-corrected chi connectivity index (χ1v) is 9.20. The molecule has 0 saturated heterocycles. The normalized spacial score (nSPS) is 17.5. The largest absolute Gasteiger partial charge is 0.494 e. The van der Waals surface area contributed by atoms with E-state index in [-0.39, 0.29) is 24.9 Å². The smallest absolute Gasteiger partial charge is 0.320 e. The van der Waals surface area contributed by atoms with Crippen molar-refractivity contribution in [3.05, 3.63) is 83.7 Å². The highest BCUT2D eigenvalue weighted by atomic mass is 19.1. The molecule has 0 bridgehead atoms. The third kappa shape index (κ3) is 3.89. The van der Waals surface area contributed by atoms with Gasteiger partial charge in [0, 0.05) is 11.8 Å². The highest BCUT2D eigenvalue weighted by Gasteiger charge is 2.41. The summed E-state index contributed by atoms with van der Waals surface area (Å²) in [6, 6.07) is 14.7. The Labute approximate surface area is 176 Å². The summed E-state index contributed by atoms with van der Waals surface area (Å²) in [7, 11) is 1.38. The predicted octanol–water partition coefficient (Wildman–Crippen LogP) is 3.34. The standard InChI is InChI=1S/C22H17F2N3O4/c1-29-19-7-6-17(10-18(19)23)22(12-30-21(26-22)27-31-13-28)16-4-2-3-14(9-16)15-5-8-20(24)25-11-15/h2-11,13H,12H2,1H3,(H,26,27). The van der Waals surface area contributed by atoms with Gasteiger partial charge in [0.1, 0.15) is 6.61 Å². The van der Waals surface area contributed by atoms with Gasteiger partial charge >= 0.3 is 12.5 Å². The number of hydroxylamine groups is 1. The minimum Gasteiger partial charge on any atom is -0.494 e. The molecular formula is C22H17F2N3O4. The number of nitrogens with zero attached hydrogens (tertiary/aromatic N) is 2. The van der Waals surface area contributed by atoms with E-state index in [1.165, 1.54) is 31.5 Å². The molecule has 2 aromatic carbocycles. The molecule has 9 heteroatoms. The van der Waals surface area contributed by atoms with Gasteiger partial charge in [0.25, 0.3) is 0 Å². The van der Waals surface area contributed by atoms with Crippen LogP contribution in [0.4, 0.5) is 8.78 Å². The topological polar surface area (TPSA) is 82.0 Å². The fourth-order valence-electron chi connectivity index (χ4n) is 3.43. The van der Waals surface area contributed by atoms with Crippen molar-refractivity contribution in [3.63, 3.8) is 0 Å². The highest BCUT2D eigenvalue weighted by Crippen LogP contribution is 2.40. The van der Waals surface area contributed by atoms with Crippen LogP contribution in [0.3, 0.4) is 0 Å². The van der Waals surface area contributed by atoms with Crippen LogP contribution < -0.4 is 10.2 Å². The summed E-state index contributed by atoms with van der Waals surface area (Å²) in [5, 5.41) is 0. The van der Waals surface area contributed by atoms with E-state index in [1.54, 1.807) is 18.2 Å². The number of aliphatic imine (C=N–C) groups is 1. The molecule has 0 radical (unpaired) electrons. The number of amidine groups is 1. The van der Waals surface area contributed by atoms with Gasteiger partial charge in [-0.25, -0.2) is 14.4 Å². The number of rotatable bonds is 6. The fraction of sp³-hybridized carbons (Fsp3) is 0.136. The zero-order valence-corrected chi connectivity index (χ0v) is 16.3. The Bertz CT molecular complexity index is 1140. The lowest BCUT2D eigenvalue weighted by Crippen LogP contribution is -2.27. The van der Waals surface area contributed by atoms with Gasteiger partial charge in [-0.05, 0) is 47.0 Å². The highest BCUT2D eigenvalue weighted by molar-refractivity contribution is 5.77. The third-order valence-corrected chi connectivity index (χ3v) is 4.93. The summed E-state index contributed by atoms with van der Waals surface area (Å²) in [6.45, 7) is 0.218. The Morgan fingerprint density at radius 2 is 1.94 bits per heavy atom. The van der Waals surface area contributed by atoms with Crippen LogP contribution in [-0.4, -0.2) is 31.2 Å². The number of hydrogen-bond acceptors (Lipinski definition) is 7. The average molecular weight is 425 g/mol. The number of pyridine rings is 1. The van der Waals surface area contributed by atoms with Crippen LogP contribution in [0.5, 0.6) is 5.75 Å². The first kappa shape index (κ1) is 20.3. The molecule has 2 heterocycles. The van der Waals surface area contributed by atoms with E-state index in [4.69, 9.17) is 9.47 Å². The van der Waals surface area contributed by atoms with Gasteiger partial charge in [-0.1, -0.05) is 24.3 Å². The maximum atomic E-state index is 14.5. The van der Waals surface area contributed by atoms with Gasteiger partial charge < -0.3 is 14.3 Å². The molecule has 158 valence electrons. The Kier molecular flexibility index (Phi) is 5.48. The van der Waals surface area contributed by atoms with Gasteiger partial charge in [-0.15, -0.1) is 0 Å². The summed E-state index contributed by atoms with van der Waals surface area (Å²) < 4.78 is 38.3. The summed E-state index contributed by atoms with van der Waals surface area (Å²) in [6.07, 6.45) is 1.42. The maximum Gasteiger partial charge on any atom is 0.320 e. The second-order valence-electron chi connectivity index (χ2n) is 6.68. The first-order chi connectivity index (χ1) is 15.1. The van der Waals surface area contributed by atoms with E-state index in [0.29, 0.717) is 16.7 Å². The molecule has 0 amide bonds. The van der Waals surface area contributed by atoms with E-state index < -0.39 is 17.3 Å². The van der Waals surface area contributed by atoms with E-state index in [0.717, 1.165) is 5.56 Å². The first-order valence-electron chi connectivity index (χ1n) is 9.20. The number of carbonyl (C=O) groups is 1. The summed E-state index contributed by atoms with van der Waals surface area (Å²) in [4.78, 5) is 23.3. The number of hydrogen-bond donors (Lipinski definition) is 1. The molecule has 1 aliphatic heterocycles. The maximum absolute atomic E-state index is 14.5. The molecule has 0 spiro atoms. The van der Waals surface area contributed by atoms with E-state index in [2.05, 4.69) is 20.3 Å². The lowest BCUT2D eigenvalue weighted by Gasteiger charge is -2.26. The van der Waals surface area contributed by atoms with Crippen LogP contribution in [0.15, 0.2) is 65.8 Å². The van der Waals surface area contributed by atoms with Gasteiger partial charge in [-0.3, -0.25) is 4.79 Å². The minimum atomic E-state index is -1.13. The van der Waals surface area contributed by atoms with Crippen LogP contribution >= 0.6 is 0 Å². The van der Waals surface area contributed by atoms with Gasteiger partial charge in [0.05, 0.1) is 7.11 Å². The number of benzene rings is 2. The monoisotopic (exact) mass is 425 g/mol. The third-order valence-electron chi connectivity index (χ3n) is 4.93. The van der Waals surface area contributed by atoms with Gasteiger partial charge in [0.15, 0.2) is 17.1 Å². The molecule has 7 nitrogen and oxygen atoms in total. The van der Waals surface area contributed by atoms with E-state index in [1.807, 2.05) is 18.2 Å². The Morgan fingerprint density at radius 1 is 1.10 bits per heavy atom. The second kappa shape index (κ2) is 8.39. The predicted molar refractivity (Wildman–Crippen MR) is 107 cm³/mol. The van der Waals surface area contributed by atoms with Crippen LogP contribution in [0.2, 0.25) is 0 Å².